The van der Waals surface area contributed by atoms with Crippen LogP contribution in [0.25, 0.3) is 0 Å². The largest absolute Gasteiger partial charge is 0.481 e. The zero-order valence-corrected chi connectivity index (χ0v) is 22.8. The predicted molar refractivity (Wildman–Crippen MR) is 133 cm³/mol. The Kier molecular flexibility index (Phi) is 7.91. The molecule has 0 spiro atoms. The van der Waals surface area contributed by atoms with Crippen LogP contribution in [0.2, 0.25) is 0 Å². The first kappa shape index (κ1) is 27.8. The van der Waals surface area contributed by atoms with E-state index >= 15 is 0 Å². The highest BCUT2D eigenvalue weighted by atomic mass is 32.2. The summed E-state index contributed by atoms with van der Waals surface area (Å²) in [6, 6.07) is 0. The third kappa shape index (κ3) is 4.95. The minimum Gasteiger partial charge on any atom is -0.481 e. The van der Waals surface area contributed by atoms with Crippen molar-refractivity contribution in [1.29, 1.82) is 5.26 Å². The molecule has 0 radical (unpaired) electrons. The fourth-order valence-electron chi connectivity index (χ4n) is 7.35. The van der Waals surface area contributed by atoms with Crippen molar-refractivity contribution in [1.82, 2.24) is 0 Å². The highest BCUT2D eigenvalue weighted by molar-refractivity contribution is 8.04. The van der Waals surface area contributed by atoms with Gasteiger partial charge in [-0.2, -0.15) is 5.26 Å². The van der Waals surface area contributed by atoms with Gasteiger partial charge in [0.05, 0.1) is 12.8 Å². The normalized spacial score (nSPS) is 37.2. The Morgan fingerprint density at radius 3 is 1.49 bits per heavy atom. The molecule has 0 amide bonds. The number of fused-ring (bicyclic) bond motifs is 4. The Balaban J connectivity index is 0.000000429. The lowest BCUT2D eigenvalue weighted by atomic mass is 9.70. The number of esters is 2. The number of hydrogen-bond donors (Lipinski definition) is 1. The molecule has 4 fully saturated rings. The fraction of sp³-hybridized carbons (Fsp3) is 0.852. The topological polar surface area (TPSA) is 114 Å². The number of thioether (sulfide) groups is 1. The van der Waals surface area contributed by atoms with Crippen molar-refractivity contribution < 1.29 is 29.0 Å². The Hall–Kier alpha value is -1.75. The van der Waals surface area contributed by atoms with Gasteiger partial charge in [-0.15, -0.1) is 0 Å². The van der Waals surface area contributed by atoms with Crippen LogP contribution in [0.5, 0.6) is 0 Å². The van der Waals surface area contributed by atoms with Gasteiger partial charge in [-0.3, -0.25) is 14.4 Å². The quantitative estimate of drug-likeness (QED) is 0.351. The minimum atomic E-state index is -0.952. The molecule has 0 aromatic carbocycles. The molecule has 4 aliphatic rings. The van der Waals surface area contributed by atoms with Gasteiger partial charge in [0.25, 0.3) is 0 Å². The summed E-state index contributed by atoms with van der Waals surface area (Å²) in [7, 11) is 0. The second-order valence-corrected chi connectivity index (χ2v) is 13.2. The molecular formula is C27H41NO6S. The molecule has 4 saturated carbocycles. The number of aliphatic carboxylic acids is 1. The first-order valence-electron chi connectivity index (χ1n) is 12.8. The molecule has 6 atom stereocenters. The number of ether oxygens (including phenoxy) is 2. The van der Waals surface area contributed by atoms with E-state index in [1.807, 2.05) is 0 Å². The van der Waals surface area contributed by atoms with Gasteiger partial charge in [-0.1, -0.05) is 41.5 Å². The van der Waals surface area contributed by atoms with E-state index in [1.54, 1.807) is 5.40 Å². The molecule has 196 valence electrons. The highest BCUT2D eigenvalue weighted by Crippen LogP contribution is 2.67. The number of hydrogen-bond acceptors (Lipinski definition) is 7. The molecule has 4 rings (SSSR count). The molecule has 0 aromatic heterocycles. The van der Waals surface area contributed by atoms with Crippen molar-refractivity contribution >= 4 is 29.7 Å². The van der Waals surface area contributed by atoms with E-state index in [4.69, 9.17) is 19.8 Å². The molecule has 7 nitrogen and oxygen atoms in total. The number of carbonyl (C=O) groups is 3. The van der Waals surface area contributed by atoms with Gasteiger partial charge in [0.2, 0.25) is 0 Å². The summed E-state index contributed by atoms with van der Waals surface area (Å²) >= 11 is 0.722. The van der Waals surface area contributed by atoms with E-state index in [0.29, 0.717) is 11.8 Å². The van der Waals surface area contributed by atoms with Gasteiger partial charge >= 0.3 is 17.9 Å². The van der Waals surface area contributed by atoms with Crippen molar-refractivity contribution in [2.24, 2.45) is 33.5 Å². The number of thiocyanates is 1. The Bertz CT molecular complexity index is 837. The maximum absolute atomic E-state index is 12.4. The van der Waals surface area contributed by atoms with Crippen LogP contribution in [0.15, 0.2) is 0 Å². The van der Waals surface area contributed by atoms with Crippen LogP contribution < -0.4 is 0 Å². The van der Waals surface area contributed by atoms with Crippen LogP contribution in [0.1, 0.15) is 92.9 Å². The van der Waals surface area contributed by atoms with E-state index in [0.717, 1.165) is 37.4 Å². The monoisotopic (exact) mass is 507 g/mol. The standard InChI is InChI=1S/C24H38O4.C3H3NO2S/c1-21(2)15-9-11-23(21,5)17(13-15)27-19(25)7-8-20(26)28-18-14-16-10-12-24(18,6)22(16,3)4;4-2-7-1-3(5)6/h15-18H,7-14H2,1-6H3;1H2,(H,5,6)/t15-,16-,17?,18?,23-,24-;/m1./s1. The van der Waals surface area contributed by atoms with Gasteiger partial charge in [-0.05, 0) is 73.0 Å². The number of nitrogens with zero attached hydrogens (tertiary/aromatic N) is 1. The van der Waals surface area contributed by atoms with E-state index < -0.39 is 5.97 Å². The van der Waals surface area contributed by atoms with Crippen LogP contribution in [-0.4, -0.2) is 41.0 Å². The molecule has 2 unspecified atom stereocenters. The average molecular weight is 508 g/mol. The zero-order valence-electron chi connectivity index (χ0n) is 22.0. The van der Waals surface area contributed by atoms with Crippen LogP contribution >= 0.6 is 11.8 Å². The third-order valence-corrected chi connectivity index (χ3v) is 11.3. The van der Waals surface area contributed by atoms with Crippen molar-refractivity contribution in [3.63, 3.8) is 0 Å². The van der Waals surface area contributed by atoms with E-state index in [2.05, 4.69) is 41.5 Å². The molecule has 35 heavy (non-hydrogen) atoms. The summed E-state index contributed by atoms with van der Waals surface area (Å²) in [6.07, 6.45) is 6.92. The van der Waals surface area contributed by atoms with Crippen LogP contribution in [0.3, 0.4) is 0 Å². The molecule has 0 aromatic rings. The third-order valence-electron chi connectivity index (χ3n) is 10.8. The van der Waals surface area contributed by atoms with E-state index in [-0.39, 0.29) is 64.4 Å². The van der Waals surface area contributed by atoms with E-state index in [9.17, 15) is 14.4 Å². The summed E-state index contributed by atoms with van der Waals surface area (Å²) < 4.78 is 11.7. The average Bonchev–Trinajstić information content (AvgIpc) is 3.29. The van der Waals surface area contributed by atoms with Crippen LogP contribution in [0, 0.1) is 44.2 Å². The summed E-state index contributed by atoms with van der Waals surface area (Å²) in [6.45, 7) is 13.8. The highest BCUT2D eigenvalue weighted by Gasteiger charge is 2.64. The second kappa shape index (κ2) is 9.95. The van der Waals surface area contributed by atoms with Crippen molar-refractivity contribution in [2.45, 2.75) is 105 Å². The summed E-state index contributed by atoms with van der Waals surface area (Å²) in [5, 5.41) is 17.3. The molecule has 0 aliphatic heterocycles. The number of rotatable bonds is 7. The molecular weight excluding hydrogens is 466 g/mol. The molecule has 4 bridgehead atoms. The maximum atomic E-state index is 12.4. The smallest absolute Gasteiger partial charge is 0.314 e. The van der Waals surface area contributed by atoms with Gasteiger partial charge in [0, 0.05) is 10.8 Å². The first-order valence-corrected chi connectivity index (χ1v) is 13.8. The van der Waals surface area contributed by atoms with Crippen molar-refractivity contribution in [3.05, 3.63) is 0 Å². The Labute approximate surface area is 213 Å². The molecule has 4 aliphatic carbocycles. The molecule has 8 heteroatoms. The fourth-order valence-corrected chi connectivity index (χ4v) is 7.54. The minimum absolute atomic E-state index is 0.00459. The first-order chi connectivity index (χ1) is 16.2. The summed E-state index contributed by atoms with van der Waals surface area (Å²) in [5.41, 5.74) is 0.579. The number of carbonyl (C=O) groups excluding carboxylic acids is 2. The lowest BCUT2D eigenvalue weighted by Gasteiger charge is -2.38. The van der Waals surface area contributed by atoms with Crippen LogP contribution in [0.4, 0.5) is 0 Å². The van der Waals surface area contributed by atoms with Gasteiger partial charge in [0.1, 0.15) is 23.4 Å². The lowest BCUT2D eigenvalue weighted by Crippen LogP contribution is -2.39. The number of nitriles is 1. The second-order valence-electron chi connectivity index (χ2n) is 12.5. The van der Waals surface area contributed by atoms with E-state index in [1.165, 1.54) is 12.8 Å². The summed E-state index contributed by atoms with van der Waals surface area (Å²) in [5.74, 6) is -0.288. The van der Waals surface area contributed by atoms with Crippen molar-refractivity contribution in [2.75, 3.05) is 5.75 Å². The zero-order chi connectivity index (χ0) is 26.2. The van der Waals surface area contributed by atoms with Gasteiger partial charge < -0.3 is 14.6 Å². The van der Waals surface area contributed by atoms with Gasteiger partial charge in [-0.25, -0.2) is 0 Å². The number of carboxylic acid groups (broad SMARTS) is 1. The Morgan fingerprint density at radius 1 is 0.857 bits per heavy atom. The SMILES string of the molecule is CC1(C)[C@@H]2CC[C@]1(C)C(OC(=O)CCC(=O)OC1C[C@H]3CC[C@@]1(C)C3(C)C)C2.N#CSCC(=O)O. The van der Waals surface area contributed by atoms with Crippen molar-refractivity contribution in [3.8, 4) is 5.40 Å². The molecule has 0 heterocycles. The molecule has 1 N–H and O–H groups in total. The Morgan fingerprint density at radius 2 is 1.26 bits per heavy atom. The van der Waals surface area contributed by atoms with Gasteiger partial charge in [0.15, 0.2) is 0 Å². The number of carboxylic acids is 1. The predicted octanol–water partition coefficient (Wildman–Crippen LogP) is 5.57. The van der Waals surface area contributed by atoms with Crippen LogP contribution in [-0.2, 0) is 23.9 Å². The summed E-state index contributed by atoms with van der Waals surface area (Å²) in [4.78, 5) is 34.5. The maximum Gasteiger partial charge on any atom is 0.314 e. The molecule has 0 saturated heterocycles. The lowest BCUT2D eigenvalue weighted by molar-refractivity contribution is -0.163.